The van der Waals surface area contributed by atoms with Crippen LogP contribution in [0.3, 0.4) is 0 Å². The second-order valence-electron chi connectivity index (χ2n) is 9.18. The number of nitrogens with zero attached hydrogens (tertiary/aromatic N) is 2. The molecule has 1 atom stereocenters. The van der Waals surface area contributed by atoms with Gasteiger partial charge in [-0.2, -0.15) is 0 Å². The molecule has 0 unspecified atom stereocenters. The van der Waals surface area contributed by atoms with Crippen LogP contribution >= 0.6 is 11.6 Å². The molecule has 5 nitrogen and oxygen atoms in total. The van der Waals surface area contributed by atoms with Gasteiger partial charge in [0.15, 0.2) is 0 Å². The van der Waals surface area contributed by atoms with Gasteiger partial charge < -0.3 is 19.4 Å². The summed E-state index contributed by atoms with van der Waals surface area (Å²) in [4.78, 5) is 5.00. The summed E-state index contributed by atoms with van der Waals surface area (Å²) < 4.78 is 14.6. The fraction of sp³-hybridized carbons (Fsp3) is 0.345. The van der Waals surface area contributed by atoms with Crippen molar-refractivity contribution in [2.24, 2.45) is 5.92 Å². The molecule has 1 aliphatic heterocycles. The summed E-state index contributed by atoms with van der Waals surface area (Å²) in [6.07, 6.45) is 4.93. The lowest BCUT2D eigenvalue weighted by atomic mass is 9.95. The minimum atomic E-state index is 0.388. The van der Waals surface area contributed by atoms with Crippen LogP contribution in [0.1, 0.15) is 37.1 Å². The van der Waals surface area contributed by atoms with Crippen LogP contribution < -0.4 is 14.8 Å². The van der Waals surface area contributed by atoms with E-state index in [0.29, 0.717) is 18.2 Å². The maximum Gasteiger partial charge on any atom is 0.148 e. The third-order valence-corrected chi connectivity index (χ3v) is 6.88. The molecule has 0 saturated carbocycles. The highest BCUT2D eigenvalue weighted by atomic mass is 35.5. The van der Waals surface area contributed by atoms with E-state index in [0.717, 1.165) is 65.9 Å². The number of halogens is 1. The predicted octanol–water partition coefficient (Wildman–Crippen LogP) is 6.63. The minimum absolute atomic E-state index is 0.388. The van der Waals surface area contributed by atoms with Crippen molar-refractivity contribution in [2.45, 2.75) is 45.4 Å². The number of rotatable bonds is 10. The fourth-order valence-corrected chi connectivity index (χ4v) is 4.89. The van der Waals surface area contributed by atoms with Gasteiger partial charge in [0.2, 0.25) is 0 Å². The molecule has 0 spiro atoms. The van der Waals surface area contributed by atoms with Gasteiger partial charge in [0.25, 0.3) is 0 Å². The molecule has 1 fully saturated rings. The Labute approximate surface area is 212 Å². The summed E-state index contributed by atoms with van der Waals surface area (Å²) in [6.45, 7) is 4.10. The maximum absolute atomic E-state index is 6.21. The molecule has 1 saturated heterocycles. The van der Waals surface area contributed by atoms with E-state index in [1.807, 2.05) is 48.5 Å². The van der Waals surface area contributed by atoms with Crippen LogP contribution in [0.25, 0.3) is 11.0 Å². The van der Waals surface area contributed by atoms with Crippen LogP contribution in [0.15, 0.2) is 72.8 Å². The molecule has 5 rings (SSSR count). The third kappa shape index (κ3) is 6.16. The molecule has 1 N–H and O–H groups in total. The molecule has 0 radical (unpaired) electrons. The number of ether oxygens (including phenoxy) is 2. The summed E-state index contributed by atoms with van der Waals surface area (Å²) in [5, 5.41) is 4.23. The number of piperidine rings is 1. The van der Waals surface area contributed by atoms with Crippen LogP contribution in [0.5, 0.6) is 11.5 Å². The van der Waals surface area contributed by atoms with Crippen molar-refractivity contribution in [2.75, 3.05) is 13.1 Å². The number of para-hydroxylation sites is 1. The average Bonchev–Trinajstić information content (AvgIpc) is 3.26. The van der Waals surface area contributed by atoms with Crippen LogP contribution in [0.4, 0.5) is 0 Å². The monoisotopic (exact) mass is 489 g/mol. The van der Waals surface area contributed by atoms with Gasteiger partial charge in [-0.3, -0.25) is 0 Å². The lowest BCUT2D eigenvalue weighted by Gasteiger charge is -2.22. The Kier molecular flexibility index (Phi) is 7.86. The number of nitrogens with one attached hydrogen (secondary N) is 1. The van der Waals surface area contributed by atoms with E-state index in [9.17, 15) is 0 Å². The molecule has 6 heteroatoms. The summed E-state index contributed by atoms with van der Waals surface area (Å²) in [5.74, 6) is 3.25. The van der Waals surface area contributed by atoms with Crippen molar-refractivity contribution in [1.82, 2.24) is 14.9 Å². The van der Waals surface area contributed by atoms with Crippen LogP contribution in [0.2, 0.25) is 5.02 Å². The molecular formula is C29H32ClN3O2. The number of aromatic nitrogens is 2. The van der Waals surface area contributed by atoms with Crippen LogP contribution in [-0.2, 0) is 19.8 Å². The first-order valence-corrected chi connectivity index (χ1v) is 12.9. The summed E-state index contributed by atoms with van der Waals surface area (Å²) in [6, 6.07) is 23.9. The Bertz CT molecular complexity index is 1220. The molecule has 0 bridgehead atoms. The van der Waals surface area contributed by atoms with E-state index in [4.69, 9.17) is 26.1 Å². The zero-order valence-electron chi connectivity index (χ0n) is 20.0. The Morgan fingerprint density at radius 1 is 0.943 bits per heavy atom. The smallest absolute Gasteiger partial charge is 0.148 e. The van der Waals surface area contributed by atoms with Crippen molar-refractivity contribution in [1.29, 1.82) is 0 Å². The van der Waals surface area contributed by atoms with Crippen molar-refractivity contribution < 1.29 is 9.47 Å². The number of imidazole rings is 1. The maximum atomic E-state index is 6.21. The second kappa shape index (κ2) is 11.6. The highest BCUT2D eigenvalue weighted by Crippen LogP contribution is 2.29. The summed E-state index contributed by atoms with van der Waals surface area (Å²) in [5.41, 5.74) is 3.11. The standard InChI is InChI=1S/C29H32ClN3O2/c30-24-13-15-25(16-14-24)34-21-28-32-29-26(33(28)18-6-10-22-9-5-17-31-19-22)11-4-12-27(29)35-20-23-7-2-1-3-8-23/h1-4,7-8,11-16,22,31H,5-6,9-10,17-21H2/t22-/m1/s1. The number of hydrogen-bond donors (Lipinski definition) is 1. The Hall–Kier alpha value is -3.02. The van der Waals surface area contributed by atoms with Crippen molar-refractivity contribution in [3.63, 3.8) is 0 Å². The van der Waals surface area contributed by atoms with Gasteiger partial charge in [-0.15, -0.1) is 0 Å². The average molecular weight is 490 g/mol. The normalized spacial score (nSPS) is 15.9. The lowest BCUT2D eigenvalue weighted by molar-refractivity contribution is 0.287. The fourth-order valence-electron chi connectivity index (χ4n) is 4.77. The van der Waals surface area contributed by atoms with Gasteiger partial charge >= 0.3 is 0 Å². The largest absolute Gasteiger partial charge is 0.487 e. The highest BCUT2D eigenvalue weighted by Gasteiger charge is 2.17. The Morgan fingerprint density at radius 2 is 1.80 bits per heavy atom. The van der Waals surface area contributed by atoms with E-state index in [-0.39, 0.29) is 0 Å². The van der Waals surface area contributed by atoms with Crippen LogP contribution in [0, 0.1) is 5.92 Å². The molecule has 1 aliphatic rings. The van der Waals surface area contributed by atoms with E-state index in [1.165, 1.54) is 19.3 Å². The molecule has 0 aliphatic carbocycles. The first-order valence-electron chi connectivity index (χ1n) is 12.5. The quantitative estimate of drug-likeness (QED) is 0.271. The number of hydrogen-bond acceptors (Lipinski definition) is 4. The molecule has 2 heterocycles. The zero-order chi connectivity index (χ0) is 23.9. The van der Waals surface area contributed by atoms with E-state index < -0.39 is 0 Å². The van der Waals surface area contributed by atoms with Gasteiger partial charge in [-0.25, -0.2) is 4.98 Å². The second-order valence-corrected chi connectivity index (χ2v) is 9.61. The van der Waals surface area contributed by atoms with Crippen molar-refractivity contribution in [3.05, 3.63) is 89.2 Å². The number of fused-ring (bicyclic) bond motifs is 1. The van der Waals surface area contributed by atoms with Gasteiger partial charge in [0.05, 0.1) is 5.52 Å². The Morgan fingerprint density at radius 3 is 2.60 bits per heavy atom. The van der Waals surface area contributed by atoms with Gasteiger partial charge in [0.1, 0.15) is 36.1 Å². The molecule has 182 valence electrons. The summed E-state index contributed by atoms with van der Waals surface area (Å²) >= 11 is 6.03. The Balaban J connectivity index is 1.36. The van der Waals surface area contributed by atoms with Crippen LogP contribution in [-0.4, -0.2) is 22.6 Å². The van der Waals surface area contributed by atoms with Gasteiger partial charge in [-0.05, 0) is 86.7 Å². The van der Waals surface area contributed by atoms with Gasteiger partial charge in [0, 0.05) is 11.6 Å². The van der Waals surface area contributed by atoms with E-state index >= 15 is 0 Å². The van der Waals surface area contributed by atoms with E-state index in [1.54, 1.807) is 0 Å². The molecule has 4 aromatic rings. The SMILES string of the molecule is Clc1ccc(OCc2nc3c(OCc4ccccc4)cccc3n2CCC[C@H]2CCCNC2)cc1. The topological polar surface area (TPSA) is 48.3 Å². The summed E-state index contributed by atoms with van der Waals surface area (Å²) in [7, 11) is 0. The minimum Gasteiger partial charge on any atom is -0.487 e. The van der Waals surface area contributed by atoms with Gasteiger partial charge in [-0.1, -0.05) is 48.0 Å². The van der Waals surface area contributed by atoms with Crippen molar-refractivity contribution >= 4 is 22.6 Å². The zero-order valence-corrected chi connectivity index (χ0v) is 20.7. The number of aryl methyl sites for hydroxylation is 1. The predicted molar refractivity (Wildman–Crippen MR) is 141 cm³/mol. The lowest BCUT2D eigenvalue weighted by Crippen LogP contribution is -2.29. The highest BCUT2D eigenvalue weighted by molar-refractivity contribution is 6.30. The molecule has 35 heavy (non-hydrogen) atoms. The van der Waals surface area contributed by atoms with Crippen molar-refractivity contribution in [3.8, 4) is 11.5 Å². The molecular weight excluding hydrogens is 458 g/mol. The molecule has 0 amide bonds. The molecule has 3 aromatic carbocycles. The first kappa shape index (κ1) is 23.7. The first-order chi connectivity index (χ1) is 17.3. The third-order valence-electron chi connectivity index (χ3n) is 6.63. The van der Waals surface area contributed by atoms with E-state index in [2.05, 4.69) is 34.1 Å². The number of benzene rings is 3. The molecule has 1 aromatic heterocycles.